The van der Waals surface area contributed by atoms with Crippen LogP contribution in [-0.4, -0.2) is 8.97 Å². The molecular formula is C19H16N2. The quantitative estimate of drug-likeness (QED) is 0.521. The van der Waals surface area contributed by atoms with Gasteiger partial charge in [-0.2, -0.15) is 0 Å². The second kappa shape index (κ2) is 4.98. The third-order valence-corrected chi connectivity index (χ3v) is 3.83. The largest absolute Gasteiger partial charge is 0.328 e. The van der Waals surface area contributed by atoms with E-state index in [2.05, 4.69) is 94.3 Å². The van der Waals surface area contributed by atoms with Gasteiger partial charge < -0.3 is 8.97 Å². The fraction of sp³-hybridized carbons (Fsp3) is 0.0526. The molecule has 0 bridgehead atoms. The van der Waals surface area contributed by atoms with Gasteiger partial charge in [-0.1, -0.05) is 60.7 Å². The number of rotatable bonds is 3. The van der Waals surface area contributed by atoms with E-state index in [4.69, 9.17) is 0 Å². The van der Waals surface area contributed by atoms with Gasteiger partial charge in [0.25, 0.3) is 0 Å². The number of nitrogens with zero attached hydrogens (tertiary/aromatic N) is 2. The highest BCUT2D eigenvalue weighted by atomic mass is 15.1. The third kappa shape index (κ3) is 2.25. The number of aromatic nitrogens is 2. The first kappa shape index (κ1) is 12.0. The van der Waals surface area contributed by atoms with Crippen LogP contribution in [0.3, 0.4) is 0 Å². The molecule has 0 atom stereocenters. The Morgan fingerprint density at radius 2 is 1.43 bits per heavy atom. The normalized spacial score (nSPS) is 11.0. The molecule has 0 N–H and O–H groups in total. The number of benzene rings is 2. The molecule has 0 aliphatic heterocycles. The van der Waals surface area contributed by atoms with Gasteiger partial charge in [-0.15, -0.1) is 0 Å². The van der Waals surface area contributed by atoms with Gasteiger partial charge >= 0.3 is 0 Å². The van der Waals surface area contributed by atoms with Crippen molar-refractivity contribution in [2.24, 2.45) is 0 Å². The van der Waals surface area contributed by atoms with Crippen LogP contribution in [-0.2, 0) is 6.54 Å². The first-order chi connectivity index (χ1) is 10.4. The van der Waals surface area contributed by atoms with Crippen LogP contribution in [0.4, 0.5) is 0 Å². The first-order valence-corrected chi connectivity index (χ1v) is 7.16. The molecule has 21 heavy (non-hydrogen) atoms. The van der Waals surface area contributed by atoms with E-state index in [1.54, 1.807) is 0 Å². The summed E-state index contributed by atoms with van der Waals surface area (Å²) in [5.41, 5.74) is 5.05. The van der Waals surface area contributed by atoms with Gasteiger partial charge in [0, 0.05) is 30.7 Å². The van der Waals surface area contributed by atoms with Gasteiger partial charge in [0.1, 0.15) is 5.65 Å². The van der Waals surface area contributed by atoms with E-state index in [0.29, 0.717) is 0 Å². The van der Waals surface area contributed by atoms with Crippen molar-refractivity contribution in [3.05, 3.63) is 90.9 Å². The Hall–Kier alpha value is -2.74. The summed E-state index contributed by atoms with van der Waals surface area (Å²) in [6.45, 7) is 0.898. The average molecular weight is 272 g/mol. The van der Waals surface area contributed by atoms with Crippen LogP contribution in [0, 0.1) is 0 Å². The highest BCUT2D eigenvalue weighted by molar-refractivity contribution is 5.68. The lowest BCUT2D eigenvalue weighted by atomic mass is 10.1. The van der Waals surface area contributed by atoms with Crippen LogP contribution in [0.5, 0.6) is 0 Å². The Morgan fingerprint density at radius 1 is 0.714 bits per heavy atom. The van der Waals surface area contributed by atoms with E-state index >= 15 is 0 Å². The van der Waals surface area contributed by atoms with Crippen LogP contribution in [0.25, 0.3) is 16.8 Å². The number of imidazole rings is 1. The molecule has 2 aromatic heterocycles. The molecule has 102 valence electrons. The topological polar surface area (TPSA) is 9.34 Å². The van der Waals surface area contributed by atoms with E-state index in [-0.39, 0.29) is 0 Å². The lowest BCUT2D eigenvalue weighted by molar-refractivity contribution is 0.831. The Labute approximate surface area is 123 Å². The van der Waals surface area contributed by atoms with Crippen LogP contribution in [0.1, 0.15) is 5.56 Å². The third-order valence-electron chi connectivity index (χ3n) is 3.83. The van der Waals surface area contributed by atoms with Crippen LogP contribution < -0.4 is 0 Å². The lowest BCUT2D eigenvalue weighted by Gasteiger charge is -2.03. The summed E-state index contributed by atoms with van der Waals surface area (Å²) in [5, 5.41) is 0. The predicted molar refractivity (Wildman–Crippen MR) is 86.4 cm³/mol. The van der Waals surface area contributed by atoms with Crippen molar-refractivity contribution in [1.29, 1.82) is 0 Å². The minimum atomic E-state index is 0.898. The average Bonchev–Trinajstić information content (AvgIpc) is 3.11. The molecule has 0 saturated carbocycles. The highest BCUT2D eigenvalue weighted by Crippen LogP contribution is 2.23. The molecule has 0 fully saturated rings. The zero-order valence-corrected chi connectivity index (χ0v) is 11.7. The maximum atomic E-state index is 2.28. The SMILES string of the molecule is c1ccc(Cn2ccn3cc(-c4ccccc4)cc23)cc1. The molecule has 0 radical (unpaired) electrons. The van der Waals surface area contributed by atoms with E-state index in [0.717, 1.165) is 6.54 Å². The standard InChI is InChI=1S/C19H16N2/c1-3-7-16(8-4-1)14-20-11-12-21-15-18(13-19(20)21)17-9-5-2-6-10-17/h1-13,15H,14H2. The van der Waals surface area contributed by atoms with E-state index in [1.807, 2.05) is 0 Å². The van der Waals surface area contributed by atoms with Crippen LogP contribution in [0.2, 0.25) is 0 Å². The summed E-state index contributed by atoms with van der Waals surface area (Å²) in [4.78, 5) is 0. The second-order valence-electron chi connectivity index (χ2n) is 5.27. The number of hydrogen-bond donors (Lipinski definition) is 0. The molecule has 0 aliphatic rings. The van der Waals surface area contributed by atoms with Gasteiger partial charge in [-0.25, -0.2) is 0 Å². The summed E-state index contributed by atoms with van der Waals surface area (Å²) in [5.74, 6) is 0. The Morgan fingerprint density at radius 3 is 2.19 bits per heavy atom. The molecule has 0 unspecified atom stereocenters. The monoisotopic (exact) mass is 272 g/mol. The summed E-state index contributed by atoms with van der Waals surface area (Å²) >= 11 is 0. The van der Waals surface area contributed by atoms with Gasteiger partial charge in [0.15, 0.2) is 0 Å². The highest BCUT2D eigenvalue weighted by Gasteiger charge is 2.06. The molecular weight excluding hydrogens is 256 g/mol. The van der Waals surface area contributed by atoms with Crippen molar-refractivity contribution in [1.82, 2.24) is 8.97 Å². The summed E-state index contributed by atoms with van der Waals surface area (Å²) in [6.07, 6.45) is 6.44. The van der Waals surface area contributed by atoms with Crippen molar-refractivity contribution >= 4 is 5.65 Å². The number of hydrogen-bond acceptors (Lipinski definition) is 0. The molecule has 0 spiro atoms. The fourth-order valence-electron chi connectivity index (χ4n) is 2.75. The lowest BCUT2D eigenvalue weighted by Crippen LogP contribution is -1.97. The zero-order valence-electron chi connectivity index (χ0n) is 11.7. The van der Waals surface area contributed by atoms with E-state index in [1.165, 1.54) is 22.3 Å². The van der Waals surface area contributed by atoms with Crippen molar-refractivity contribution in [2.75, 3.05) is 0 Å². The smallest absolute Gasteiger partial charge is 0.117 e. The molecule has 2 heteroatoms. The molecule has 4 aromatic rings. The Bertz CT molecular complexity index is 854. The van der Waals surface area contributed by atoms with Crippen LogP contribution in [0.15, 0.2) is 85.3 Å². The second-order valence-corrected chi connectivity index (χ2v) is 5.27. The molecule has 0 aliphatic carbocycles. The first-order valence-electron chi connectivity index (χ1n) is 7.16. The molecule has 4 rings (SSSR count). The number of fused-ring (bicyclic) bond motifs is 1. The van der Waals surface area contributed by atoms with Gasteiger partial charge in [-0.05, 0) is 17.2 Å². The maximum Gasteiger partial charge on any atom is 0.117 e. The molecule has 0 amide bonds. The summed E-state index contributed by atoms with van der Waals surface area (Å²) in [6, 6.07) is 23.3. The van der Waals surface area contributed by atoms with Crippen LogP contribution >= 0.6 is 0 Å². The molecule has 2 nitrogen and oxygen atoms in total. The predicted octanol–water partition coefficient (Wildman–Crippen LogP) is 4.46. The van der Waals surface area contributed by atoms with E-state index in [9.17, 15) is 0 Å². The van der Waals surface area contributed by atoms with Crippen molar-refractivity contribution < 1.29 is 0 Å². The maximum absolute atomic E-state index is 2.28. The van der Waals surface area contributed by atoms with Crippen molar-refractivity contribution in [3.63, 3.8) is 0 Å². The minimum absolute atomic E-state index is 0.898. The van der Waals surface area contributed by atoms with Gasteiger partial charge in [0.2, 0.25) is 0 Å². The molecule has 0 saturated heterocycles. The summed E-state index contributed by atoms with van der Waals surface area (Å²) in [7, 11) is 0. The minimum Gasteiger partial charge on any atom is -0.328 e. The van der Waals surface area contributed by atoms with Gasteiger partial charge in [0.05, 0.1) is 0 Å². The zero-order chi connectivity index (χ0) is 14.1. The molecule has 2 aromatic carbocycles. The fourth-order valence-corrected chi connectivity index (χ4v) is 2.75. The Kier molecular flexibility index (Phi) is 2.86. The van der Waals surface area contributed by atoms with Crippen molar-refractivity contribution in [3.8, 4) is 11.1 Å². The molecule has 2 heterocycles. The van der Waals surface area contributed by atoms with Gasteiger partial charge in [-0.3, -0.25) is 0 Å². The summed E-state index contributed by atoms with van der Waals surface area (Å²) < 4.78 is 4.47. The Balaban J connectivity index is 1.73. The van der Waals surface area contributed by atoms with E-state index < -0.39 is 0 Å². The van der Waals surface area contributed by atoms with Crippen molar-refractivity contribution in [2.45, 2.75) is 6.54 Å².